The van der Waals surface area contributed by atoms with Gasteiger partial charge in [-0.15, -0.1) is 11.3 Å². The predicted molar refractivity (Wildman–Crippen MR) is 136 cm³/mol. The minimum atomic E-state index is -3.66. The molecular formula is C25H24N4O3S2. The van der Waals surface area contributed by atoms with Gasteiger partial charge >= 0.3 is 0 Å². The first-order valence-electron chi connectivity index (χ1n) is 11.0. The van der Waals surface area contributed by atoms with Gasteiger partial charge in [0.15, 0.2) is 0 Å². The lowest BCUT2D eigenvalue weighted by Gasteiger charge is -2.31. The molecule has 1 amide bonds. The maximum absolute atomic E-state index is 13.1. The van der Waals surface area contributed by atoms with Gasteiger partial charge in [0.2, 0.25) is 10.0 Å². The summed E-state index contributed by atoms with van der Waals surface area (Å²) in [5.74, 6) is -0.371. The van der Waals surface area contributed by atoms with E-state index in [9.17, 15) is 13.2 Å². The third kappa shape index (κ3) is 4.47. The normalized spacial score (nSPS) is 15.4. The van der Waals surface area contributed by atoms with E-state index >= 15 is 0 Å². The van der Waals surface area contributed by atoms with Crippen LogP contribution in [0.15, 0.2) is 77.7 Å². The van der Waals surface area contributed by atoms with Crippen LogP contribution in [0.4, 0.5) is 5.69 Å². The highest BCUT2D eigenvalue weighted by Crippen LogP contribution is 2.34. The van der Waals surface area contributed by atoms with Crippen LogP contribution in [-0.4, -0.2) is 61.7 Å². The SMILES string of the molecule is CN1CCN(S(=O)(=O)c2cccc(C(=O)Nc3ccccc3-c3nc4ccccc4s3)c2)CC1. The van der Waals surface area contributed by atoms with E-state index < -0.39 is 10.0 Å². The fraction of sp³-hybridized carbons (Fsp3) is 0.200. The van der Waals surface area contributed by atoms with Crippen molar-refractivity contribution in [3.63, 3.8) is 0 Å². The second kappa shape index (κ2) is 9.27. The van der Waals surface area contributed by atoms with Gasteiger partial charge in [-0.2, -0.15) is 4.31 Å². The van der Waals surface area contributed by atoms with Crippen LogP contribution < -0.4 is 5.32 Å². The number of fused-ring (bicyclic) bond motifs is 1. The van der Waals surface area contributed by atoms with Gasteiger partial charge in [0.1, 0.15) is 5.01 Å². The van der Waals surface area contributed by atoms with Crippen LogP contribution in [0.25, 0.3) is 20.8 Å². The van der Waals surface area contributed by atoms with Gasteiger partial charge in [-0.05, 0) is 49.5 Å². The topological polar surface area (TPSA) is 82.6 Å². The average Bonchev–Trinajstić information content (AvgIpc) is 3.29. The van der Waals surface area contributed by atoms with E-state index in [2.05, 4.69) is 10.2 Å². The first kappa shape index (κ1) is 22.7. The van der Waals surface area contributed by atoms with Crippen molar-refractivity contribution in [2.45, 2.75) is 4.90 Å². The van der Waals surface area contributed by atoms with E-state index in [0.29, 0.717) is 31.9 Å². The van der Waals surface area contributed by atoms with Crippen LogP contribution in [0.1, 0.15) is 10.4 Å². The number of thiazole rings is 1. The van der Waals surface area contributed by atoms with Crippen LogP contribution in [0, 0.1) is 0 Å². The molecule has 0 spiro atoms. The van der Waals surface area contributed by atoms with E-state index in [1.165, 1.54) is 10.4 Å². The number of hydrogen-bond donors (Lipinski definition) is 1. The number of rotatable bonds is 5. The maximum atomic E-state index is 13.1. The Morgan fingerprint density at radius 3 is 2.47 bits per heavy atom. The Balaban J connectivity index is 1.41. The number of nitrogens with zero attached hydrogens (tertiary/aromatic N) is 3. The van der Waals surface area contributed by atoms with E-state index in [-0.39, 0.29) is 16.4 Å². The first-order chi connectivity index (χ1) is 16.4. The smallest absolute Gasteiger partial charge is 0.255 e. The Hall–Kier alpha value is -3.11. The Morgan fingerprint density at radius 1 is 0.941 bits per heavy atom. The summed E-state index contributed by atoms with van der Waals surface area (Å²) in [7, 11) is -1.69. The van der Waals surface area contributed by atoms with E-state index in [4.69, 9.17) is 4.98 Å². The molecule has 0 atom stereocenters. The number of likely N-dealkylation sites (N-methyl/N-ethyl adjacent to an activating group) is 1. The second-order valence-electron chi connectivity index (χ2n) is 8.22. The molecule has 0 aliphatic carbocycles. The number of amides is 1. The number of carbonyl (C=O) groups excluding carboxylic acids is 1. The molecule has 1 aliphatic heterocycles. The summed E-state index contributed by atoms with van der Waals surface area (Å²) in [5.41, 5.74) is 2.64. The summed E-state index contributed by atoms with van der Waals surface area (Å²) in [6.07, 6.45) is 0. The fourth-order valence-electron chi connectivity index (χ4n) is 3.94. The molecule has 5 rings (SSSR count). The van der Waals surface area contributed by atoms with Gasteiger partial charge < -0.3 is 10.2 Å². The zero-order valence-corrected chi connectivity index (χ0v) is 20.3. The van der Waals surface area contributed by atoms with Crippen LogP contribution in [0.3, 0.4) is 0 Å². The van der Waals surface area contributed by atoms with Crippen molar-refractivity contribution in [3.05, 3.63) is 78.4 Å². The quantitative estimate of drug-likeness (QED) is 0.453. The summed E-state index contributed by atoms with van der Waals surface area (Å²) in [6.45, 7) is 2.24. The number of hydrogen-bond acceptors (Lipinski definition) is 6. The fourth-order valence-corrected chi connectivity index (χ4v) is 6.41. The molecule has 1 aromatic heterocycles. The van der Waals surface area contributed by atoms with E-state index in [1.807, 2.05) is 55.6 Å². The number of aromatic nitrogens is 1. The summed E-state index contributed by atoms with van der Waals surface area (Å²) >= 11 is 1.56. The lowest BCUT2D eigenvalue weighted by molar-refractivity contribution is 0.102. The molecule has 1 fully saturated rings. The first-order valence-corrected chi connectivity index (χ1v) is 13.2. The lowest BCUT2D eigenvalue weighted by atomic mass is 10.1. The van der Waals surface area contributed by atoms with Gasteiger partial charge in [0.05, 0.1) is 20.8 Å². The predicted octanol–water partition coefficient (Wildman–Crippen LogP) is 4.15. The second-order valence-corrected chi connectivity index (χ2v) is 11.2. The van der Waals surface area contributed by atoms with Crippen molar-refractivity contribution in [1.29, 1.82) is 0 Å². The van der Waals surface area contributed by atoms with Gasteiger partial charge in [-0.25, -0.2) is 13.4 Å². The molecule has 0 unspecified atom stereocenters. The third-order valence-electron chi connectivity index (χ3n) is 5.90. The van der Waals surface area contributed by atoms with Crippen molar-refractivity contribution in [3.8, 4) is 10.6 Å². The summed E-state index contributed by atoms with van der Waals surface area (Å²) in [5, 5.41) is 3.76. The third-order valence-corrected chi connectivity index (χ3v) is 8.86. The maximum Gasteiger partial charge on any atom is 0.255 e. The van der Waals surface area contributed by atoms with Crippen molar-refractivity contribution in [2.75, 3.05) is 38.5 Å². The number of carbonyl (C=O) groups is 1. The van der Waals surface area contributed by atoms with Gasteiger partial charge in [-0.3, -0.25) is 4.79 Å². The molecule has 7 nitrogen and oxygen atoms in total. The molecule has 4 aromatic rings. The van der Waals surface area contributed by atoms with E-state index in [1.54, 1.807) is 29.5 Å². The minimum Gasteiger partial charge on any atom is -0.321 e. The minimum absolute atomic E-state index is 0.129. The highest BCUT2D eigenvalue weighted by atomic mass is 32.2. The molecule has 1 aliphatic rings. The highest BCUT2D eigenvalue weighted by Gasteiger charge is 2.28. The van der Waals surface area contributed by atoms with Crippen LogP contribution >= 0.6 is 11.3 Å². The Morgan fingerprint density at radius 2 is 1.68 bits per heavy atom. The standard InChI is InChI=1S/C25H24N4O3S2/c1-28-13-15-29(16-14-28)34(31,32)19-8-6-7-18(17-19)24(30)26-21-10-3-2-9-20(21)25-27-22-11-4-5-12-23(22)33-25/h2-12,17H,13-16H2,1H3,(H,26,30). The number of sulfonamides is 1. The van der Waals surface area contributed by atoms with Crippen LogP contribution in [0.5, 0.6) is 0 Å². The Labute approximate surface area is 202 Å². The zero-order chi connectivity index (χ0) is 23.7. The van der Waals surface area contributed by atoms with Crippen molar-refractivity contribution >= 4 is 43.2 Å². The molecule has 34 heavy (non-hydrogen) atoms. The van der Waals surface area contributed by atoms with Crippen LogP contribution in [0.2, 0.25) is 0 Å². The largest absolute Gasteiger partial charge is 0.321 e. The summed E-state index contributed by atoms with van der Waals surface area (Å²) in [6, 6.07) is 21.6. The zero-order valence-electron chi connectivity index (χ0n) is 18.6. The van der Waals surface area contributed by atoms with Crippen molar-refractivity contribution < 1.29 is 13.2 Å². The number of piperazine rings is 1. The lowest BCUT2D eigenvalue weighted by Crippen LogP contribution is -2.47. The van der Waals surface area contributed by atoms with Gasteiger partial charge in [-0.1, -0.05) is 30.3 Å². The van der Waals surface area contributed by atoms with Crippen LogP contribution in [-0.2, 0) is 10.0 Å². The van der Waals surface area contributed by atoms with Crippen molar-refractivity contribution in [1.82, 2.24) is 14.2 Å². The van der Waals surface area contributed by atoms with Crippen molar-refractivity contribution in [2.24, 2.45) is 0 Å². The molecule has 2 heterocycles. The van der Waals surface area contributed by atoms with Gasteiger partial charge in [0.25, 0.3) is 5.91 Å². The molecule has 3 aromatic carbocycles. The number of anilines is 1. The average molecular weight is 493 g/mol. The Kier molecular flexibility index (Phi) is 6.18. The molecule has 1 saturated heterocycles. The molecule has 174 valence electrons. The molecule has 9 heteroatoms. The molecular weight excluding hydrogens is 468 g/mol. The summed E-state index contributed by atoms with van der Waals surface area (Å²) < 4.78 is 28.8. The monoisotopic (exact) mass is 492 g/mol. The molecule has 0 bridgehead atoms. The molecule has 0 radical (unpaired) electrons. The summed E-state index contributed by atoms with van der Waals surface area (Å²) in [4.78, 5) is 20.1. The van der Waals surface area contributed by atoms with E-state index in [0.717, 1.165) is 20.8 Å². The Bertz CT molecular complexity index is 1420. The molecule has 1 N–H and O–H groups in total. The number of para-hydroxylation sites is 2. The van der Waals surface area contributed by atoms with Gasteiger partial charge in [0, 0.05) is 37.3 Å². The number of nitrogens with one attached hydrogen (secondary N) is 1. The highest BCUT2D eigenvalue weighted by molar-refractivity contribution is 7.89. The molecule has 0 saturated carbocycles. The number of benzene rings is 3.